The minimum atomic E-state index is -0.278. The highest BCUT2D eigenvalue weighted by atomic mass is 16.5. The molecule has 0 radical (unpaired) electrons. The molecule has 0 spiro atoms. The third-order valence-corrected chi connectivity index (χ3v) is 4.80. The summed E-state index contributed by atoms with van der Waals surface area (Å²) in [6, 6.07) is 7.86. The summed E-state index contributed by atoms with van der Waals surface area (Å²) in [5.74, 6) is 1.17. The van der Waals surface area contributed by atoms with E-state index < -0.39 is 0 Å². The summed E-state index contributed by atoms with van der Waals surface area (Å²) in [6.45, 7) is 0. The molecule has 0 unspecified atom stereocenters. The maximum atomic E-state index is 13.0. The van der Waals surface area contributed by atoms with Crippen LogP contribution in [0, 0.1) is 0 Å². The van der Waals surface area contributed by atoms with E-state index in [1.54, 1.807) is 7.11 Å². The Balaban J connectivity index is 2.18. The first-order valence-electron chi connectivity index (χ1n) is 7.92. The lowest BCUT2D eigenvalue weighted by molar-refractivity contribution is -0.130. The van der Waals surface area contributed by atoms with Gasteiger partial charge in [-0.2, -0.15) is 0 Å². The summed E-state index contributed by atoms with van der Waals surface area (Å²) >= 11 is 0. The summed E-state index contributed by atoms with van der Waals surface area (Å²) < 4.78 is 5.25. The van der Waals surface area contributed by atoms with Crippen LogP contribution in [0.5, 0.6) is 5.75 Å². The molecule has 0 amide bonds. The van der Waals surface area contributed by atoms with E-state index >= 15 is 0 Å². The standard InChI is InChI=1S/C18H27NO2/c1-19(2)18(11-6-4-5-7-12-18)17(20)14-15-9-8-10-16(13-15)21-3/h8-10,13H,4-7,11-12,14H2,1-3H3. The summed E-state index contributed by atoms with van der Waals surface area (Å²) in [6.07, 6.45) is 7.29. The van der Waals surface area contributed by atoms with Crippen molar-refractivity contribution in [2.24, 2.45) is 0 Å². The van der Waals surface area contributed by atoms with E-state index in [-0.39, 0.29) is 5.54 Å². The largest absolute Gasteiger partial charge is 0.497 e. The molecule has 1 fully saturated rings. The van der Waals surface area contributed by atoms with E-state index in [4.69, 9.17) is 4.74 Å². The maximum Gasteiger partial charge on any atom is 0.157 e. The average molecular weight is 289 g/mol. The number of ketones is 1. The van der Waals surface area contributed by atoms with Gasteiger partial charge in [-0.15, -0.1) is 0 Å². The molecular formula is C18H27NO2. The third kappa shape index (κ3) is 3.65. The quantitative estimate of drug-likeness (QED) is 0.777. The van der Waals surface area contributed by atoms with Crippen LogP contribution >= 0.6 is 0 Å². The molecular weight excluding hydrogens is 262 g/mol. The molecule has 2 rings (SSSR count). The fraction of sp³-hybridized carbons (Fsp3) is 0.611. The Labute approximate surface area is 128 Å². The third-order valence-electron chi connectivity index (χ3n) is 4.80. The van der Waals surface area contributed by atoms with Gasteiger partial charge in [0.2, 0.25) is 0 Å². The van der Waals surface area contributed by atoms with Gasteiger partial charge in [0, 0.05) is 6.42 Å². The molecule has 0 N–H and O–H groups in total. The monoisotopic (exact) mass is 289 g/mol. The molecule has 116 valence electrons. The maximum absolute atomic E-state index is 13.0. The smallest absolute Gasteiger partial charge is 0.157 e. The lowest BCUT2D eigenvalue weighted by atomic mass is 9.82. The number of rotatable bonds is 5. The first-order valence-corrected chi connectivity index (χ1v) is 7.92. The van der Waals surface area contributed by atoms with Crippen LogP contribution in [0.15, 0.2) is 24.3 Å². The number of hydrogen-bond donors (Lipinski definition) is 0. The predicted molar refractivity (Wildman–Crippen MR) is 85.8 cm³/mol. The van der Waals surface area contributed by atoms with Crippen molar-refractivity contribution in [2.45, 2.75) is 50.5 Å². The van der Waals surface area contributed by atoms with Crippen molar-refractivity contribution >= 4 is 5.78 Å². The van der Waals surface area contributed by atoms with Crippen molar-refractivity contribution in [1.82, 2.24) is 4.90 Å². The SMILES string of the molecule is COc1cccc(CC(=O)C2(N(C)C)CCCCCC2)c1. The van der Waals surface area contributed by atoms with Crippen molar-refractivity contribution in [3.63, 3.8) is 0 Å². The zero-order chi connectivity index (χ0) is 15.3. The molecule has 1 aromatic rings. The number of carbonyl (C=O) groups excluding carboxylic acids is 1. The summed E-state index contributed by atoms with van der Waals surface area (Å²) in [7, 11) is 5.76. The highest BCUT2D eigenvalue weighted by Crippen LogP contribution is 2.33. The van der Waals surface area contributed by atoms with E-state index in [9.17, 15) is 4.79 Å². The first-order chi connectivity index (χ1) is 10.1. The van der Waals surface area contributed by atoms with Gasteiger partial charge >= 0.3 is 0 Å². The number of hydrogen-bond acceptors (Lipinski definition) is 3. The number of likely N-dealkylation sites (N-methyl/N-ethyl adjacent to an activating group) is 1. The summed E-state index contributed by atoms with van der Waals surface area (Å²) in [5.41, 5.74) is 0.768. The van der Waals surface area contributed by atoms with E-state index in [1.807, 2.05) is 24.3 Å². The molecule has 1 aromatic carbocycles. The van der Waals surface area contributed by atoms with Crippen LogP contribution in [-0.2, 0) is 11.2 Å². The Bertz CT molecular complexity index is 474. The Morgan fingerprint density at radius 1 is 1.19 bits per heavy atom. The van der Waals surface area contributed by atoms with Gasteiger partial charge in [0.15, 0.2) is 5.78 Å². The number of carbonyl (C=O) groups is 1. The van der Waals surface area contributed by atoms with Gasteiger partial charge in [-0.3, -0.25) is 9.69 Å². The topological polar surface area (TPSA) is 29.5 Å². The molecule has 0 aliphatic heterocycles. The zero-order valence-corrected chi connectivity index (χ0v) is 13.5. The number of methoxy groups -OCH3 is 1. The lowest BCUT2D eigenvalue weighted by Crippen LogP contribution is -2.51. The van der Waals surface area contributed by atoms with Gasteiger partial charge in [0.1, 0.15) is 5.75 Å². The second-order valence-corrected chi connectivity index (χ2v) is 6.29. The second-order valence-electron chi connectivity index (χ2n) is 6.29. The van der Waals surface area contributed by atoms with E-state index in [0.717, 1.165) is 37.0 Å². The fourth-order valence-corrected chi connectivity index (χ4v) is 3.42. The number of benzene rings is 1. The molecule has 3 heteroatoms. The average Bonchev–Trinajstić information content (AvgIpc) is 2.74. The minimum Gasteiger partial charge on any atom is -0.497 e. The van der Waals surface area contributed by atoms with Gasteiger partial charge in [-0.25, -0.2) is 0 Å². The van der Waals surface area contributed by atoms with Crippen LogP contribution in [0.4, 0.5) is 0 Å². The van der Waals surface area contributed by atoms with Crippen LogP contribution in [0.25, 0.3) is 0 Å². The number of nitrogens with zero attached hydrogens (tertiary/aromatic N) is 1. The second kappa shape index (κ2) is 7.08. The Morgan fingerprint density at radius 3 is 2.43 bits per heavy atom. The lowest BCUT2D eigenvalue weighted by Gasteiger charge is -2.38. The minimum absolute atomic E-state index is 0.278. The summed E-state index contributed by atoms with van der Waals surface area (Å²) in [4.78, 5) is 15.2. The molecule has 1 aliphatic carbocycles. The van der Waals surface area contributed by atoms with Gasteiger partial charge in [0.25, 0.3) is 0 Å². The molecule has 3 nitrogen and oxygen atoms in total. The van der Waals surface area contributed by atoms with Gasteiger partial charge in [-0.05, 0) is 44.6 Å². The van der Waals surface area contributed by atoms with Crippen LogP contribution in [0.2, 0.25) is 0 Å². The van der Waals surface area contributed by atoms with Gasteiger partial charge in [-0.1, -0.05) is 37.8 Å². The molecule has 0 bridgehead atoms. The van der Waals surface area contributed by atoms with Crippen molar-refractivity contribution < 1.29 is 9.53 Å². The highest BCUT2D eigenvalue weighted by molar-refractivity contribution is 5.90. The van der Waals surface area contributed by atoms with Crippen LogP contribution in [0.3, 0.4) is 0 Å². The van der Waals surface area contributed by atoms with Crippen LogP contribution in [-0.4, -0.2) is 37.4 Å². The van der Waals surface area contributed by atoms with Crippen molar-refractivity contribution in [2.75, 3.05) is 21.2 Å². The first kappa shape index (κ1) is 16.0. The van der Waals surface area contributed by atoms with Crippen molar-refractivity contribution in [3.8, 4) is 5.75 Å². The molecule has 21 heavy (non-hydrogen) atoms. The molecule has 1 saturated carbocycles. The molecule has 1 aliphatic rings. The number of Topliss-reactive ketones (excluding diaryl/α,β-unsaturated/α-hetero) is 1. The molecule has 0 heterocycles. The Morgan fingerprint density at radius 2 is 1.86 bits per heavy atom. The Hall–Kier alpha value is -1.35. The van der Waals surface area contributed by atoms with Crippen LogP contribution < -0.4 is 4.74 Å². The number of ether oxygens (including phenoxy) is 1. The Kier molecular flexibility index (Phi) is 5.40. The van der Waals surface area contributed by atoms with Crippen LogP contribution in [0.1, 0.15) is 44.1 Å². The van der Waals surface area contributed by atoms with E-state index in [0.29, 0.717) is 12.2 Å². The summed E-state index contributed by atoms with van der Waals surface area (Å²) in [5, 5.41) is 0. The molecule has 0 aromatic heterocycles. The van der Waals surface area contributed by atoms with Crippen molar-refractivity contribution in [1.29, 1.82) is 0 Å². The van der Waals surface area contributed by atoms with Crippen molar-refractivity contribution in [3.05, 3.63) is 29.8 Å². The molecule has 0 saturated heterocycles. The predicted octanol–water partition coefficient (Wildman–Crippen LogP) is 3.46. The van der Waals surface area contributed by atoms with Gasteiger partial charge in [0.05, 0.1) is 12.6 Å². The fourth-order valence-electron chi connectivity index (χ4n) is 3.42. The van der Waals surface area contributed by atoms with E-state index in [2.05, 4.69) is 19.0 Å². The van der Waals surface area contributed by atoms with Gasteiger partial charge < -0.3 is 4.74 Å². The van der Waals surface area contributed by atoms with E-state index in [1.165, 1.54) is 12.8 Å². The molecule has 0 atom stereocenters. The zero-order valence-electron chi connectivity index (χ0n) is 13.5. The highest BCUT2D eigenvalue weighted by Gasteiger charge is 2.39. The normalized spacial score (nSPS) is 18.3.